The van der Waals surface area contributed by atoms with E-state index in [1.165, 1.54) is 13.2 Å². The summed E-state index contributed by atoms with van der Waals surface area (Å²) in [6.07, 6.45) is -7.41. The fourth-order valence-corrected chi connectivity index (χ4v) is 5.18. The van der Waals surface area contributed by atoms with Gasteiger partial charge in [0.15, 0.2) is 18.1 Å². The summed E-state index contributed by atoms with van der Waals surface area (Å²) in [5.41, 5.74) is 4.96. The minimum atomic E-state index is -1.66. The van der Waals surface area contributed by atoms with Crippen molar-refractivity contribution in [2.24, 2.45) is 11.7 Å². The number of nitrogens with two attached hydrogens (primary N) is 1. The third kappa shape index (κ3) is 6.23. The maximum absolute atomic E-state index is 13.0. The largest absolute Gasteiger partial charge is 0.457 e. The van der Waals surface area contributed by atoms with Crippen molar-refractivity contribution in [1.29, 1.82) is 0 Å². The van der Waals surface area contributed by atoms with Crippen LogP contribution in [0.4, 0.5) is 0 Å². The number of aromatic nitrogens is 2. The summed E-state index contributed by atoms with van der Waals surface area (Å²) < 4.78 is 23.6. The molecule has 14 nitrogen and oxygen atoms in total. The molecule has 0 saturated carbocycles. The SMILES string of the molecule is CO[C@H]1[C@@H](O)[C@H](n2ccc(=O)[nH]c2=O)O[C@@H]1[C@@H](O[C@H]1OC(C(=O)NCc2ccc3ccccc3c2)=C[C@H](C)[C@@H]1O)C(N)=O. The second-order valence-electron chi connectivity index (χ2n) is 10.4. The van der Waals surface area contributed by atoms with Crippen molar-refractivity contribution in [1.82, 2.24) is 14.9 Å². The summed E-state index contributed by atoms with van der Waals surface area (Å²) >= 11 is 0. The van der Waals surface area contributed by atoms with Gasteiger partial charge in [0, 0.05) is 31.8 Å². The Morgan fingerprint density at radius 2 is 1.86 bits per heavy atom. The molecular formula is C29H32N4O10. The van der Waals surface area contributed by atoms with Gasteiger partial charge in [0.2, 0.25) is 12.2 Å². The van der Waals surface area contributed by atoms with Gasteiger partial charge in [-0.2, -0.15) is 0 Å². The second kappa shape index (κ2) is 12.5. The fraction of sp³-hybridized carbons (Fsp3) is 0.379. The molecule has 0 radical (unpaired) electrons. The molecule has 1 aromatic heterocycles. The van der Waals surface area contributed by atoms with Crippen molar-refractivity contribution >= 4 is 22.6 Å². The zero-order chi connectivity index (χ0) is 30.8. The van der Waals surface area contributed by atoms with Gasteiger partial charge in [-0.15, -0.1) is 0 Å². The van der Waals surface area contributed by atoms with Crippen LogP contribution >= 0.6 is 0 Å². The first-order chi connectivity index (χ1) is 20.6. The molecule has 3 heterocycles. The first kappa shape index (κ1) is 30.1. The summed E-state index contributed by atoms with van der Waals surface area (Å²) in [5.74, 6) is -2.39. The molecule has 0 bridgehead atoms. The van der Waals surface area contributed by atoms with Crippen molar-refractivity contribution in [2.45, 2.75) is 56.5 Å². The Morgan fingerprint density at radius 3 is 2.56 bits per heavy atom. The van der Waals surface area contributed by atoms with E-state index in [0.29, 0.717) is 0 Å². The number of ether oxygens (including phenoxy) is 4. The summed E-state index contributed by atoms with van der Waals surface area (Å²) in [6, 6.07) is 14.7. The first-order valence-corrected chi connectivity index (χ1v) is 13.5. The lowest BCUT2D eigenvalue weighted by Crippen LogP contribution is -2.53. The zero-order valence-electron chi connectivity index (χ0n) is 23.3. The number of H-pyrrole nitrogens is 1. The Hall–Kier alpha value is -4.34. The van der Waals surface area contributed by atoms with Crippen LogP contribution in [-0.4, -0.2) is 75.5 Å². The van der Waals surface area contributed by atoms with Crippen LogP contribution in [0.5, 0.6) is 0 Å². The third-order valence-electron chi connectivity index (χ3n) is 7.47. The van der Waals surface area contributed by atoms with Crippen LogP contribution in [0.25, 0.3) is 10.8 Å². The van der Waals surface area contributed by atoms with Gasteiger partial charge < -0.3 is 40.2 Å². The summed E-state index contributed by atoms with van der Waals surface area (Å²) in [4.78, 5) is 51.5. The van der Waals surface area contributed by atoms with Gasteiger partial charge in [0.25, 0.3) is 11.5 Å². The number of aliphatic hydroxyl groups is 2. The number of fused-ring (bicyclic) bond motifs is 1. The van der Waals surface area contributed by atoms with E-state index >= 15 is 0 Å². The molecule has 6 N–H and O–H groups in total. The number of nitrogens with one attached hydrogen (secondary N) is 2. The average Bonchev–Trinajstić information content (AvgIpc) is 3.31. The smallest absolute Gasteiger partial charge is 0.330 e. The lowest BCUT2D eigenvalue weighted by atomic mass is 10.00. The number of carbonyl (C=O) groups is 2. The number of rotatable bonds is 9. The molecule has 2 aromatic carbocycles. The van der Waals surface area contributed by atoms with Gasteiger partial charge >= 0.3 is 5.69 Å². The number of benzene rings is 2. The zero-order valence-corrected chi connectivity index (χ0v) is 23.3. The molecule has 8 atom stereocenters. The highest BCUT2D eigenvalue weighted by Crippen LogP contribution is 2.34. The average molecular weight is 597 g/mol. The van der Waals surface area contributed by atoms with Gasteiger partial charge in [-0.3, -0.25) is 23.9 Å². The van der Waals surface area contributed by atoms with Gasteiger partial charge in [-0.25, -0.2) is 4.79 Å². The van der Waals surface area contributed by atoms with E-state index in [0.717, 1.165) is 33.2 Å². The normalized spacial score (nSPS) is 27.7. The number of nitrogens with zero attached hydrogens (tertiary/aromatic N) is 1. The number of methoxy groups -OCH3 is 1. The van der Waals surface area contributed by atoms with E-state index in [9.17, 15) is 29.4 Å². The van der Waals surface area contributed by atoms with Crippen molar-refractivity contribution in [2.75, 3.05) is 7.11 Å². The quantitative estimate of drug-likeness (QED) is 0.212. The maximum atomic E-state index is 13.0. The predicted molar refractivity (Wildman–Crippen MR) is 150 cm³/mol. The van der Waals surface area contributed by atoms with Crippen LogP contribution in [0.3, 0.4) is 0 Å². The number of primary amides is 1. The van der Waals surface area contributed by atoms with Crippen LogP contribution in [0.2, 0.25) is 0 Å². The summed E-state index contributed by atoms with van der Waals surface area (Å²) in [6.45, 7) is 1.83. The number of amides is 2. The molecule has 5 rings (SSSR count). The predicted octanol–water partition coefficient (Wildman–Crippen LogP) is -0.613. The highest BCUT2D eigenvalue weighted by atomic mass is 16.7. The van der Waals surface area contributed by atoms with E-state index in [-0.39, 0.29) is 12.3 Å². The molecule has 0 aliphatic carbocycles. The Balaban J connectivity index is 1.30. The number of aromatic amines is 1. The lowest BCUT2D eigenvalue weighted by Gasteiger charge is -2.35. The number of carbonyl (C=O) groups excluding carboxylic acids is 2. The molecule has 1 saturated heterocycles. The van der Waals surface area contributed by atoms with Crippen LogP contribution in [0, 0.1) is 5.92 Å². The highest BCUT2D eigenvalue weighted by Gasteiger charge is 2.52. The lowest BCUT2D eigenvalue weighted by molar-refractivity contribution is -0.235. The van der Waals surface area contributed by atoms with Gasteiger partial charge in [0.05, 0.1) is 0 Å². The second-order valence-corrected chi connectivity index (χ2v) is 10.4. The molecule has 14 heteroatoms. The molecule has 2 aliphatic rings. The number of hydrogen-bond donors (Lipinski definition) is 5. The van der Waals surface area contributed by atoms with Crippen molar-refractivity contribution in [3.63, 3.8) is 0 Å². The molecule has 228 valence electrons. The Labute approximate surface area is 244 Å². The standard InChI is InChI=1S/C29H32N4O10/c1-14-11-18(26(38)31-13-15-7-8-16-5-3-4-6-17(16)12-15)41-28(20(14)35)43-24(25(30)37)23-22(40-2)21(36)27(42-23)33-10-9-19(34)32-29(33)39/h3-12,14,20-24,27-28,35-36H,13H2,1-2H3,(H2,30,37)(H,31,38)(H,32,34,39)/t14-,20-,21+,22-,23-,24+,27+,28+/m0/s1. The van der Waals surface area contributed by atoms with E-state index in [1.807, 2.05) is 42.5 Å². The molecule has 0 spiro atoms. The monoisotopic (exact) mass is 596 g/mol. The van der Waals surface area contributed by atoms with Crippen molar-refractivity contribution < 1.29 is 38.7 Å². The van der Waals surface area contributed by atoms with Gasteiger partial charge in [-0.1, -0.05) is 43.3 Å². The Kier molecular flexibility index (Phi) is 8.75. The minimum absolute atomic E-state index is 0.139. The molecule has 1 fully saturated rings. The summed E-state index contributed by atoms with van der Waals surface area (Å²) in [7, 11) is 1.25. The van der Waals surface area contributed by atoms with Crippen LogP contribution in [-0.2, 0) is 35.1 Å². The van der Waals surface area contributed by atoms with E-state index in [2.05, 4.69) is 10.3 Å². The number of hydrogen-bond acceptors (Lipinski definition) is 10. The maximum Gasteiger partial charge on any atom is 0.330 e. The molecular weight excluding hydrogens is 564 g/mol. The Bertz CT molecular complexity index is 1650. The van der Waals surface area contributed by atoms with Crippen LogP contribution in [0.15, 0.2) is 76.2 Å². The number of aliphatic hydroxyl groups excluding tert-OH is 2. The van der Waals surface area contributed by atoms with E-state index < -0.39 is 72.0 Å². The Morgan fingerprint density at radius 1 is 1.12 bits per heavy atom. The fourth-order valence-electron chi connectivity index (χ4n) is 5.18. The molecule has 3 aromatic rings. The molecule has 2 aliphatic heterocycles. The molecule has 43 heavy (non-hydrogen) atoms. The third-order valence-corrected chi connectivity index (χ3v) is 7.47. The summed E-state index contributed by atoms with van der Waals surface area (Å²) in [5, 5.41) is 26.5. The van der Waals surface area contributed by atoms with E-state index in [4.69, 9.17) is 24.7 Å². The van der Waals surface area contributed by atoms with Crippen molar-refractivity contribution in [3.05, 3.63) is 93.0 Å². The minimum Gasteiger partial charge on any atom is -0.457 e. The first-order valence-electron chi connectivity index (χ1n) is 13.5. The van der Waals surface area contributed by atoms with Crippen LogP contribution < -0.4 is 22.3 Å². The van der Waals surface area contributed by atoms with Gasteiger partial charge in [-0.05, 0) is 28.5 Å². The van der Waals surface area contributed by atoms with Gasteiger partial charge in [0.1, 0.15) is 24.4 Å². The highest BCUT2D eigenvalue weighted by molar-refractivity contribution is 5.91. The van der Waals surface area contributed by atoms with E-state index in [1.54, 1.807) is 6.92 Å². The molecule has 2 amide bonds. The molecule has 0 unspecified atom stereocenters. The topological polar surface area (TPSA) is 204 Å². The van der Waals surface area contributed by atoms with Crippen LogP contribution in [0.1, 0.15) is 18.7 Å². The van der Waals surface area contributed by atoms with Crippen molar-refractivity contribution in [3.8, 4) is 0 Å².